The van der Waals surface area contributed by atoms with E-state index in [-0.39, 0.29) is 42.6 Å². The molecular weight excluding hydrogens is 426 g/mol. The molecule has 0 aliphatic carbocycles. The summed E-state index contributed by atoms with van der Waals surface area (Å²) >= 11 is 0. The summed E-state index contributed by atoms with van der Waals surface area (Å²) < 4.78 is 18.0. The molecule has 33 heavy (non-hydrogen) atoms. The monoisotopic (exact) mass is 471 g/mol. The third-order valence-corrected chi connectivity index (χ3v) is 7.47. The Morgan fingerprint density at radius 2 is 1.79 bits per heavy atom. The molecule has 2 unspecified atom stereocenters. The normalized spacial score (nSPS) is 44.2. The van der Waals surface area contributed by atoms with Crippen LogP contribution in [-0.2, 0) is 23.8 Å². The van der Waals surface area contributed by atoms with E-state index in [1.807, 2.05) is 46.7 Å². The Balaban J connectivity index is 2.33. The number of ketones is 1. The Morgan fingerprint density at radius 3 is 2.36 bits per heavy atom. The number of aliphatic hydroxyl groups excluding tert-OH is 1. The number of aliphatic hydroxyl groups is 2. The van der Waals surface area contributed by atoms with Gasteiger partial charge < -0.3 is 29.3 Å². The van der Waals surface area contributed by atoms with Crippen molar-refractivity contribution in [3.05, 3.63) is 0 Å². The van der Waals surface area contributed by atoms with Gasteiger partial charge in [-0.15, -0.1) is 0 Å². The van der Waals surface area contributed by atoms with Gasteiger partial charge in [0.2, 0.25) is 0 Å². The Morgan fingerprint density at radius 1 is 1.15 bits per heavy atom. The van der Waals surface area contributed by atoms with Gasteiger partial charge in [0, 0.05) is 18.4 Å². The fourth-order valence-corrected chi connectivity index (χ4v) is 5.19. The molecule has 10 atom stereocenters. The second kappa shape index (κ2) is 11.6. The van der Waals surface area contributed by atoms with Crippen LogP contribution in [0.25, 0.3) is 0 Å². The highest BCUT2D eigenvalue weighted by atomic mass is 16.7. The first-order chi connectivity index (χ1) is 15.3. The minimum atomic E-state index is -1.29. The maximum Gasteiger partial charge on any atom is 0.311 e. The van der Waals surface area contributed by atoms with Crippen molar-refractivity contribution in [1.82, 2.24) is 4.90 Å². The number of ether oxygens (including phenoxy) is 3. The molecule has 2 heterocycles. The molecule has 2 rings (SSSR count). The fourth-order valence-electron chi connectivity index (χ4n) is 5.19. The van der Waals surface area contributed by atoms with Gasteiger partial charge in [0.15, 0.2) is 6.29 Å². The molecule has 0 spiro atoms. The van der Waals surface area contributed by atoms with Crippen molar-refractivity contribution in [1.29, 1.82) is 0 Å². The number of Topliss-reactive ketones (excluding diaryl/α,β-unsaturated/α-hetero) is 1. The molecule has 0 aromatic carbocycles. The Kier molecular flexibility index (Phi) is 9.89. The molecule has 8 nitrogen and oxygen atoms in total. The number of carbonyl (C=O) groups excluding carboxylic acids is 2. The summed E-state index contributed by atoms with van der Waals surface area (Å²) in [6.45, 7) is 11.0. The topological polar surface area (TPSA) is 106 Å². The third kappa shape index (κ3) is 6.98. The highest BCUT2D eigenvalue weighted by molar-refractivity contribution is 5.80. The Hall–Kier alpha value is -1.06. The minimum absolute atomic E-state index is 0.0746. The SMILES string of the molecule is CCC1OC(=O)[C@H](C)C(O[C@@H]2O[C@H](C)C[C@H](N(C)C)[C@H]2O)[C@@H](C)C[C@@H](C)C(=O)CC[C@]1(C)O. The maximum atomic E-state index is 13.2. The lowest BCUT2D eigenvalue weighted by Crippen LogP contribution is -2.56. The maximum absolute atomic E-state index is 13.2. The van der Waals surface area contributed by atoms with Gasteiger partial charge in [-0.2, -0.15) is 0 Å². The second-order valence-electron chi connectivity index (χ2n) is 10.7. The van der Waals surface area contributed by atoms with E-state index in [1.165, 1.54) is 0 Å². The number of rotatable bonds is 4. The van der Waals surface area contributed by atoms with Crippen molar-refractivity contribution in [3.63, 3.8) is 0 Å². The zero-order chi connectivity index (χ0) is 25.1. The van der Waals surface area contributed by atoms with E-state index in [1.54, 1.807) is 13.8 Å². The number of nitrogens with zero attached hydrogens (tertiary/aromatic N) is 1. The predicted octanol–water partition coefficient (Wildman–Crippen LogP) is 2.53. The lowest BCUT2D eigenvalue weighted by atomic mass is 9.82. The van der Waals surface area contributed by atoms with Crippen molar-refractivity contribution >= 4 is 11.8 Å². The smallest absolute Gasteiger partial charge is 0.311 e. The number of carbonyl (C=O) groups is 2. The fraction of sp³-hybridized carbons (Fsp3) is 0.920. The molecule has 0 saturated carbocycles. The summed E-state index contributed by atoms with van der Waals surface area (Å²) in [5.74, 6) is -1.45. The van der Waals surface area contributed by atoms with E-state index in [2.05, 4.69) is 0 Å². The molecule has 0 bridgehead atoms. The van der Waals surface area contributed by atoms with Gasteiger partial charge in [-0.25, -0.2) is 0 Å². The van der Waals surface area contributed by atoms with Gasteiger partial charge in [-0.1, -0.05) is 20.8 Å². The average molecular weight is 472 g/mol. The summed E-state index contributed by atoms with van der Waals surface area (Å²) in [6, 6.07) is -0.136. The summed E-state index contributed by atoms with van der Waals surface area (Å²) in [6.07, 6.45) is -1.13. The van der Waals surface area contributed by atoms with Gasteiger partial charge in [-0.3, -0.25) is 9.59 Å². The largest absolute Gasteiger partial charge is 0.459 e. The van der Waals surface area contributed by atoms with Crippen LogP contribution in [-0.4, -0.2) is 83.3 Å². The van der Waals surface area contributed by atoms with Crippen LogP contribution in [0.3, 0.4) is 0 Å². The molecule has 0 aromatic rings. The van der Waals surface area contributed by atoms with Crippen molar-refractivity contribution in [3.8, 4) is 0 Å². The molecule has 2 N–H and O–H groups in total. The molecule has 2 aliphatic rings. The van der Waals surface area contributed by atoms with E-state index >= 15 is 0 Å². The Bertz CT molecular complexity index is 667. The average Bonchev–Trinajstić information content (AvgIpc) is 2.74. The zero-order valence-corrected chi connectivity index (χ0v) is 21.6. The first-order valence-electron chi connectivity index (χ1n) is 12.4. The summed E-state index contributed by atoms with van der Waals surface area (Å²) in [4.78, 5) is 27.9. The molecule has 0 amide bonds. The van der Waals surface area contributed by atoms with Crippen molar-refractivity contribution in [2.75, 3.05) is 14.1 Å². The third-order valence-electron chi connectivity index (χ3n) is 7.47. The number of likely N-dealkylation sites (N-methyl/N-ethyl adjacent to an activating group) is 1. The van der Waals surface area contributed by atoms with Crippen LogP contribution < -0.4 is 0 Å². The molecule has 2 aliphatic heterocycles. The van der Waals surface area contributed by atoms with Crippen LogP contribution in [0.15, 0.2) is 0 Å². The molecule has 0 aromatic heterocycles. The van der Waals surface area contributed by atoms with Gasteiger partial charge in [0.25, 0.3) is 0 Å². The number of hydrogen-bond donors (Lipinski definition) is 2. The van der Waals surface area contributed by atoms with Crippen LogP contribution >= 0.6 is 0 Å². The first-order valence-corrected chi connectivity index (χ1v) is 12.4. The van der Waals surface area contributed by atoms with Crippen molar-refractivity contribution in [2.45, 2.75) is 116 Å². The molecular formula is C25H45NO7. The van der Waals surface area contributed by atoms with Crippen LogP contribution in [0.4, 0.5) is 0 Å². The van der Waals surface area contributed by atoms with Gasteiger partial charge in [0.05, 0.1) is 23.7 Å². The Labute approximate surface area is 198 Å². The van der Waals surface area contributed by atoms with E-state index in [0.717, 1.165) is 0 Å². The quantitative estimate of drug-likeness (QED) is 0.603. The van der Waals surface area contributed by atoms with Gasteiger partial charge >= 0.3 is 5.97 Å². The molecule has 8 heteroatoms. The van der Waals surface area contributed by atoms with Gasteiger partial charge in [-0.05, 0) is 66.5 Å². The van der Waals surface area contributed by atoms with E-state index < -0.39 is 42.1 Å². The van der Waals surface area contributed by atoms with E-state index in [0.29, 0.717) is 19.3 Å². The van der Waals surface area contributed by atoms with E-state index in [4.69, 9.17) is 14.2 Å². The second-order valence-corrected chi connectivity index (χ2v) is 10.7. The summed E-state index contributed by atoms with van der Waals surface area (Å²) in [5.41, 5.74) is -1.29. The summed E-state index contributed by atoms with van der Waals surface area (Å²) in [7, 11) is 3.82. The van der Waals surface area contributed by atoms with Crippen LogP contribution in [0.5, 0.6) is 0 Å². The van der Waals surface area contributed by atoms with Crippen LogP contribution in [0.1, 0.15) is 73.6 Å². The zero-order valence-electron chi connectivity index (χ0n) is 21.6. The van der Waals surface area contributed by atoms with Crippen molar-refractivity contribution < 1.29 is 34.0 Å². The number of esters is 1. The lowest BCUT2D eigenvalue weighted by Gasteiger charge is -2.43. The van der Waals surface area contributed by atoms with Crippen molar-refractivity contribution in [2.24, 2.45) is 17.8 Å². The van der Waals surface area contributed by atoms with E-state index in [9.17, 15) is 19.8 Å². The number of hydrogen-bond acceptors (Lipinski definition) is 8. The molecule has 192 valence electrons. The van der Waals surface area contributed by atoms with Gasteiger partial charge in [0.1, 0.15) is 18.0 Å². The highest BCUT2D eigenvalue weighted by Gasteiger charge is 2.44. The standard InChI is InChI=1S/C25H45NO7/c1-9-20-25(6,30)11-10-19(27)14(2)12-15(3)22(17(5)23(29)32-20)33-24-21(28)18(26(7)8)13-16(4)31-24/h14-18,20-22,24,28,30H,9-13H2,1-8H3/t14-,15+,16-,17-,18+,20?,21-,22?,24+,25+/m1/s1. The molecule has 0 radical (unpaired) electrons. The number of cyclic esters (lactones) is 1. The lowest BCUT2D eigenvalue weighted by molar-refractivity contribution is -0.279. The first kappa shape index (κ1) is 28.2. The van der Waals surface area contributed by atoms with Crippen LogP contribution in [0, 0.1) is 17.8 Å². The summed E-state index contributed by atoms with van der Waals surface area (Å²) in [5, 5.41) is 21.9. The van der Waals surface area contributed by atoms with Crippen LogP contribution in [0.2, 0.25) is 0 Å². The molecule has 2 fully saturated rings. The predicted molar refractivity (Wildman–Crippen MR) is 124 cm³/mol. The molecule has 2 saturated heterocycles. The minimum Gasteiger partial charge on any atom is -0.459 e. The highest BCUT2D eigenvalue weighted by Crippen LogP contribution is 2.33.